The van der Waals surface area contributed by atoms with E-state index in [1.54, 1.807) is 0 Å². The Balaban J connectivity index is 2.22. The lowest BCUT2D eigenvalue weighted by Gasteiger charge is -2.34. The summed E-state index contributed by atoms with van der Waals surface area (Å²) in [5, 5.41) is 19.1. The van der Waals surface area contributed by atoms with Gasteiger partial charge in [0.25, 0.3) is 0 Å². The molecule has 0 spiro atoms. The van der Waals surface area contributed by atoms with Gasteiger partial charge in [-0.1, -0.05) is 13.8 Å². The summed E-state index contributed by atoms with van der Waals surface area (Å²) in [6.45, 7) is 5.28. The number of carbonyl (C=O) groups is 1. The van der Waals surface area contributed by atoms with Crippen LogP contribution in [0.25, 0.3) is 0 Å². The highest BCUT2D eigenvalue weighted by molar-refractivity contribution is 5.70. The molecule has 0 heterocycles. The van der Waals surface area contributed by atoms with Gasteiger partial charge in [-0.25, -0.2) is 0 Å². The van der Waals surface area contributed by atoms with Crippen LogP contribution in [0.4, 0.5) is 0 Å². The Morgan fingerprint density at radius 3 is 2.47 bits per heavy atom. The van der Waals surface area contributed by atoms with E-state index in [0.29, 0.717) is 44.8 Å². The summed E-state index contributed by atoms with van der Waals surface area (Å²) >= 11 is 0. The molecule has 0 radical (unpaired) electrons. The van der Waals surface area contributed by atoms with Gasteiger partial charge in [0.05, 0.1) is 18.1 Å². The summed E-state index contributed by atoms with van der Waals surface area (Å²) in [7, 11) is 0. The first kappa shape index (κ1) is 14.5. The number of ether oxygens (including phenoxy) is 1. The zero-order valence-electron chi connectivity index (χ0n) is 10.8. The van der Waals surface area contributed by atoms with Gasteiger partial charge in [0.15, 0.2) is 0 Å². The largest absolute Gasteiger partial charge is 0.481 e. The fourth-order valence-electron chi connectivity index (χ4n) is 2.13. The van der Waals surface area contributed by atoms with Crippen LogP contribution in [0.3, 0.4) is 0 Å². The van der Waals surface area contributed by atoms with Crippen LogP contribution < -0.4 is 0 Å². The third-order valence-corrected chi connectivity index (χ3v) is 3.48. The fourth-order valence-corrected chi connectivity index (χ4v) is 2.13. The second-order valence-electron chi connectivity index (χ2n) is 5.57. The van der Waals surface area contributed by atoms with Crippen LogP contribution >= 0.6 is 0 Å². The molecule has 0 saturated heterocycles. The van der Waals surface area contributed by atoms with Crippen molar-refractivity contribution in [3.63, 3.8) is 0 Å². The van der Waals surface area contributed by atoms with Crippen LogP contribution in [0, 0.1) is 11.8 Å². The summed E-state index contributed by atoms with van der Waals surface area (Å²) in [5.41, 5.74) is -0.803. The van der Waals surface area contributed by atoms with E-state index in [9.17, 15) is 9.90 Å². The Morgan fingerprint density at radius 1 is 1.41 bits per heavy atom. The first-order valence-corrected chi connectivity index (χ1v) is 6.46. The normalized spacial score (nSPS) is 29.5. The van der Waals surface area contributed by atoms with Gasteiger partial charge >= 0.3 is 5.97 Å². The van der Waals surface area contributed by atoms with Gasteiger partial charge < -0.3 is 14.9 Å². The number of carboxylic acid groups (broad SMARTS) is 1. The van der Waals surface area contributed by atoms with Crippen molar-refractivity contribution in [3.8, 4) is 0 Å². The average molecular weight is 244 g/mol. The maximum atomic E-state index is 10.8. The molecule has 1 saturated carbocycles. The molecule has 1 aliphatic carbocycles. The molecule has 0 aromatic carbocycles. The van der Waals surface area contributed by atoms with E-state index in [1.807, 2.05) is 0 Å². The van der Waals surface area contributed by atoms with Crippen molar-refractivity contribution in [3.05, 3.63) is 0 Å². The summed E-state index contributed by atoms with van der Waals surface area (Å²) in [6.07, 6.45) is 3.17. The minimum atomic E-state index is -0.803. The Bertz CT molecular complexity index is 242. The van der Waals surface area contributed by atoms with Gasteiger partial charge in [-0.3, -0.25) is 4.79 Å². The smallest absolute Gasteiger partial charge is 0.306 e. The Kier molecular flexibility index (Phi) is 5.40. The third-order valence-electron chi connectivity index (χ3n) is 3.48. The van der Waals surface area contributed by atoms with E-state index in [-0.39, 0.29) is 5.92 Å². The van der Waals surface area contributed by atoms with Gasteiger partial charge in [-0.15, -0.1) is 0 Å². The second-order valence-corrected chi connectivity index (χ2v) is 5.57. The molecular formula is C13H24O4. The van der Waals surface area contributed by atoms with Gasteiger partial charge in [0.2, 0.25) is 0 Å². The minimum Gasteiger partial charge on any atom is -0.481 e. The fraction of sp³-hybridized carbons (Fsp3) is 0.923. The van der Waals surface area contributed by atoms with Gasteiger partial charge in [-0.05, 0) is 38.0 Å². The van der Waals surface area contributed by atoms with E-state index in [4.69, 9.17) is 9.84 Å². The molecule has 0 atom stereocenters. The van der Waals surface area contributed by atoms with Crippen molar-refractivity contribution in [1.82, 2.24) is 0 Å². The van der Waals surface area contributed by atoms with Crippen molar-refractivity contribution >= 4 is 5.97 Å². The van der Waals surface area contributed by atoms with Crippen LogP contribution in [-0.2, 0) is 9.53 Å². The molecule has 1 fully saturated rings. The lowest BCUT2D eigenvalue weighted by atomic mass is 9.79. The van der Waals surface area contributed by atoms with Crippen LogP contribution in [0.5, 0.6) is 0 Å². The number of hydrogen-bond donors (Lipinski definition) is 2. The highest BCUT2D eigenvalue weighted by Gasteiger charge is 2.35. The predicted octanol–water partition coefficient (Wildman–Crippen LogP) is 2.06. The standard InChI is InChI=1S/C13H24O4/c1-10(2)5-8-17-9-13(16)6-3-11(4-7-13)12(14)15/h10-11,16H,3-9H2,1-2H3,(H,14,15). The maximum Gasteiger partial charge on any atom is 0.306 e. The summed E-state index contributed by atoms with van der Waals surface area (Å²) in [6, 6.07) is 0. The third kappa shape index (κ3) is 5.04. The first-order chi connectivity index (χ1) is 7.93. The molecule has 4 heteroatoms. The zero-order chi connectivity index (χ0) is 12.9. The van der Waals surface area contributed by atoms with Crippen molar-refractivity contribution in [1.29, 1.82) is 0 Å². The van der Waals surface area contributed by atoms with Crippen molar-refractivity contribution in [2.45, 2.75) is 51.6 Å². The molecule has 0 aromatic rings. The quantitative estimate of drug-likeness (QED) is 0.702. The highest BCUT2D eigenvalue weighted by Crippen LogP contribution is 2.32. The predicted molar refractivity (Wildman–Crippen MR) is 64.8 cm³/mol. The monoisotopic (exact) mass is 244 g/mol. The van der Waals surface area contributed by atoms with Crippen LogP contribution in [0.1, 0.15) is 46.0 Å². The van der Waals surface area contributed by atoms with Crippen LogP contribution in [-0.4, -0.2) is 35.0 Å². The summed E-state index contributed by atoms with van der Waals surface area (Å²) in [4.78, 5) is 10.8. The zero-order valence-corrected chi connectivity index (χ0v) is 10.8. The molecule has 1 aliphatic rings. The van der Waals surface area contributed by atoms with Gasteiger partial charge in [0.1, 0.15) is 0 Å². The van der Waals surface area contributed by atoms with Crippen LogP contribution in [0.2, 0.25) is 0 Å². The number of rotatable bonds is 6. The van der Waals surface area contributed by atoms with Crippen LogP contribution in [0.15, 0.2) is 0 Å². The molecule has 17 heavy (non-hydrogen) atoms. The molecule has 0 aromatic heterocycles. The van der Waals surface area contributed by atoms with E-state index in [2.05, 4.69) is 13.8 Å². The number of carboxylic acids is 1. The topological polar surface area (TPSA) is 66.8 Å². The van der Waals surface area contributed by atoms with E-state index < -0.39 is 11.6 Å². The molecule has 0 bridgehead atoms. The van der Waals surface area contributed by atoms with Gasteiger partial charge in [-0.2, -0.15) is 0 Å². The summed E-state index contributed by atoms with van der Waals surface area (Å²) < 4.78 is 5.49. The van der Waals surface area contributed by atoms with Crippen molar-refractivity contribution in [2.24, 2.45) is 11.8 Å². The van der Waals surface area contributed by atoms with Crippen molar-refractivity contribution < 1.29 is 19.7 Å². The average Bonchev–Trinajstić information content (AvgIpc) is 2.25. The maximum absolute atomic E-state index is 10.8. The first-order valence-electron chi connectivity index (χ1n) is 6.46. The van der Waals surface area contributed by atoms with E-state index in [1.165, 1.54) is 0 Å². The number of aliphatic hydroxyl groups is 1. The Hall–Kier alpha value is -0.610. The highest BCUT2D eigenvalue weighted by atomic mass is 16.5. The molecule has 4 nitrogen and oxygen atoms in total. The molecule has 0 aliphatic heterocycles. The molecule has 0 unspecified atom stereocenters. The summed E-state index contributed by atoms with van der Waals surface area (Å²) in [5.74, 6) is -0.425. The molecule has 2 N–H and O–H groups in total. The molecule has 100 valence electrons. The molecular weight excluding hydrogens is 220 g/mol. The van der Waals surface area contributed by atoms with E-state index >= 15 is 0 Å². The second kappa shape index (κ2) is 6.36. The lowest BCUT2D eigenvalue weighted by Crippen LogP contribution is -2.40. The minimum absolute atomic E-state index is 0.286. The van der Waals surface area contributed by atoms with Gasteiger partial charge in [0, 0.05) is 6.61 Å². The number of hydrogen-bond acceptors (Lipinski definition) is 3. The molecule has 1 rings (SSSR count). The lowest BCUT2D eigenvalue weighted by molar-refractivity contribution is -0.146. The molecule has 0 amide bonds. The Labute approximate surface area is 103 Å². The number of aliphatic carboxylic acids is 1. The van der Waals surface area contributed by atoms with Crippen molar-refractivity contribution in [2.75, 3.05) is 13.2 Å². The Morgan fingerprint density at radius 2 is 2.00 bits per heavy atom. The SMILES string of the molecule is CC(C)CCOCC1(O)CCC(C(=O)O)CC1. The van der Waals surface area contributed by atoms with E-state index in [0.717, 1.165) is 6.42 Å².